The van der Waals surface area contributed by atoms with E-state index >= 15 is 0 Å². The summed E-state index contributed by atoms with van der Waals surface area (Å²) in [5.74, 6) is 0.0474. The summed E-state index contributed by atoms with van der Waals surface area (Å²) in [5.41, 5.74) is 6.56. The number of nitrogens with zero attached hydrogens (tertiary/aromatic N) is 2. The molecule has 3 rings (SSSR count). The van der Waals surface area contributed by atoms with Crippen molar-refractivity contribution in [3.8, 4) is 6.07 Å². The molecule has 0 fully saturated rings. The molecule has 2 heterocycles. The van der Waals surface area contributed by atoms with Crippen LogP contribution in [0.3, 0.4) is 0 Å². The third-order valence-corrected chi connectivity index (χ3v) is 4.40. The number of ketones is 1. The molecular formula is C21H20N2O. The second-order valence-electron chi connectivity index (χ2n) is 6.27. The molecule has 0 aliphatic heterocycles. The molecule has 0 saturated heterocycles. The van der Waals surface area contributed by atoms with Crippen LogP contribution in [0, 0.1) is 32.1 Å². The number of pyridine rings is 1. The molecule has 0 amide bonds. The molecule has 0 unspecified atom stereocenters. The van der Waals surface area contributed by atoms with Gasteiger partial charge in [0.05, 0.1) is 17.1 Å². The fourth-order valence-corrected chi connectivity index (χ4v) is 3.42. The summed E-state index contributed by atoms with van der Waals surface area (Å²) in [7, 11) is 0. The third kappa shape index (κ3) is 2.72. The van der Waals surface area contributed by atoms with Gasteiger partial charge in [-0.3, -0.25) is 4.79 Å². The number of benzene rings is 1. The van der Waals surface area contributed by atoms with E-state index in [4.69, 9.17) is 5.26 Å². The van der Waals surface area contributed by atoms with Crippen LogP contribution in [-0.2, 0) is 6.42 Å². The second-order valence-corrected chi connectivity index (χ2v) is 6.27. The molecule has 3 aromatic rings. The lowest BCUT2D eigenvalue weighted by molar-refractivity contribution is 0.103. The zero-order valence-electron chi connectivity index (χ0n) is 14.3. The molecule has 0 spiro atoms. The molecule has 0 radical (unpaired) electrons. The molecule has 1 aromatic carbocycles. The van der Waals surface area contributed by atoms with Crippen molar-refractivity contribution in [3.63, 3.8) is 0 Å². The summed E-state index contributed by atoms with van der Waals surface area (Å²) < 4.78 is 2.04. The SMILES string of the molecule is Cc1cc(C)cc(C(=O)c2c(C)c(CCC#N)n3ccccc23)c1. The van der Waals surface area contributed by atoms with E-state index in [0.717, 1.165) is 39.0 Å². The molecule has 24 heavy (non-hydrogen) atoms. The van der Waals surface area contributed by atoms with Crippen LogP contribution in [0.5, 0.6) is 0 Å². The van der Waals surface area contributed by atoms with E-state index in [9.17, 15) is 4.79 Å². The Hall–Kier alpha value is -2.86. The molecule has 3 heteroatoms. The number of nitriles is 1. The Balaban J connectivity index is 2.20. The van der Waals surface area contributed by atoms with E-state index in [1.54, 1.807) is 0 Å². The highest BCUT2D eigenvalue weighted by Crippen LogP contribution is 2.27. The minimum Gasteiger partial charge on any atom is -0.320 e. The van der Waals surface area contributed by atoms with Crippen molar-refractivity contribution < 1.29 is 4.79 Å². The average molecular weight is 316 g/mol. The fourth-order valence-electron chi connectivity index (χ4n) is 3.42. The second kappa shape index (κ2) is 6.33. The molecular weight excluding hydrogens is 296 g/mol. The minimum atomic E-state index is 0.0474. The predicted octanol–water partition coefficient (Wildman–Crippen LogP) is 4.55. The number of hydrogen-bond donors (Lipinski definition) is 0. The maximum atomic E-state index is 13.2. The van der Waals surface area contributed by atoms with Crippen molar-refractivity contribution in [3.05, 3.63) is 76.1 Å². The largest absolute Gasteiger partial charge is 0.320 e. The lowest BCUT2D eigenvalue weighted by Gasteiger charge is -2.05. The van der Waals surface area contributed by atoms with Gasteiger partial charge in [-0.2, -0.15) is 5.26 Å². The first kappa shape index (κ1) is 16.0. The number of aryl methyl sites for hydroxylation is 3. The first-order valence-corrected chi connectivity index (χ1v) is 8.11. The lowest BCUT2D eigenvalue weighted by Crippen LogP contribution is -2.04. The molecule has 120 valence electrons. The van der Waals surface area contributed by atoms with Gasteiger partial charge in [-0.05, 0) is 50.6 Å². The van der Waals surface area contributed by atoms with Crippen LogP contribution in [-0.4, -0.2) is 10.2 Å². The zero-order valence-corrected chi connectivity index (χ0v) is 14.3. The Bertz CT molecular complexity index is 953. The van der Waals surface area contributed by atoms with E-state index in [1.165, 1.54) is 0 Å². The Labute approximate surface area is 142 Å². The first-order chi connectivity index (χ1) is 11.5. The van der Waals surface area contributed by atoms with Gasteiger partial charge in [-0.25, -0.2) is 0 Å². The van der Waals surface area contributed by atoms with Crippen LogP contribution in [0.1, 0.15) is 44.7 Å². The summed E-state index contributed by atoms with van der Waals surface area (Å²) in [4.78, 5) is 13.2. The summed E-state index contributed by atoms with van der Waals surface area (Å²) in [6.07, 6.45) is 3.06. The molecule has 2 aromatic heterocycles. The molecule has 0 bridgehead atoms. The minimum absolute atomic E-state index is 0.0474. The van der Waals surface area contributed by atoms with E-state index in [1.807, 2.05) is 61.7 Å². The highest BCUT2D eigenvalue weighted by atomic mass is 16.1. The first-order valence-electron chi connectivity index (χ1n) is 8.11. The van der Waals surface area contributed by atoms with Gasteiger partial charge in [0.2, 0.25) is 0 Å². The van der Waals surface area contributed by atoms with Gasteiger partial charge in [0, 0.05) is 30.3 Å². The van der Waals surface area contributed by atoms with Gasteiger partial charge in [0.1, 0.15) is 0 Å². The van der Waals surface area contributed by atoms with E-state index in [2.05, 4.69) is 12.1 Å². The van der Waals surface area contributed by atoms with Crippen LogP contribution < -0.4 is 0 Å². The number of aromatic nitrogens is 1. The summed E-state index contributed by atoms with van der Waals surface area (Å²) in [6.45, 7) is 6.00. The third-order valence-electron chi connectivity index (χ3n) is 4.40. The van der Waals surface area contributed by atoms with E-state index in [-0.39, 0.29) is 5.78 Å². The fraction of sp³-hybridized carbons (Fsp3) is 0.238. The molecule has 0 aliphatic carbocycles. The Morgan fingerprint density at radius 2 is 1.83 bits per heavy atom. The Morgan fingerprint density at radius 1 is 1.12 bits per heavy atom. The van der Waals surface area contributed by atoms with Gasteiger partial charge in [0.15, 0.2) is 5.78 Å². The summed E-state index contributed by atoms with van der Waals surface area (Å²) >= 11 is 0. The quantitative estimate of drug-likeness (QED) is 0.663. The van der Waals surface area contributed by atoms with E-state index < -0.39 is 0 Å². The standard InChI is InChI=1S/C21H20N2O/c1-14-11-15(2)13-17(12-14)21(24)20-16(3)18(8-6-9-22)23-10-5-4-7-19(20)23/h4-5,7,10-13H,6,8H2,1-3H3. The number of carbonyl (C=O) groups is 1. The van der Waals surface area contributed by atoms with Gasteiger partial charge < -0.3 is 4.40 Å². The van der Waals surface area contributed by atoms with Crippen molar-refractivity contribution >= 4 is 11.3 Å². The predicted molar refractivity (Wildman–Crippen MR) is 95.4 cm³/mol. The van der Waals surface area contributed by atoms with Crippen LogP contribution in [0.4, 0.5) is 0 Å². The maximum Gasteiger partial charge on any atom is 0.195 e. The monoisotopic (exact) mass is 316 g/mol. The van der Waals surface area contributed by atoms with Crippen molar-refractivity contribution in [2.75, 3.05) is 0 Å². The number of hydrogen-bond acceptors (Lipinski definition) is 2. The van der Waals surface area contributed by atoms with Crippen molar-refractivity contribution in [1.82, 2.24) is 4.40 Å². The number of fused-ring (bicyclic) bond motifs is 1. The normalized spacial score (nSPS) is 10.8. The Kier molecular flexibility index (Phi) is 4.22. The van der Waals surface area contributed by atoms with Crippen LogP contribution in [0.25, 0.3) is 5.52 Å². The highest BCUT2D eigenvalue weighted by Gasteiger charge is 2.21. The number of carbonyl (C=O) groups excluding carboxylic acids is 1. The van der Waals surface area contributed by atoms with Crippen molar-refractivity contribution in [2.45, 2.75) is 33.6 Å². The molecule has 0 atom stereocenters. The van der Waals surface area contributed by atoms with Crippen LogP contribution in [0.15, 0.2) is 42.6 Å². The van der Waals surface area contributed by atoms with Gasteiger partial charge in [0.25, 0.3) is 0 Å². The summed E-state index contributed by atoms with van der Waals surface area (Å²) in [5, 5.41) is 8.92. The maximum absolute atomic E-state index is 13.2. The van der Waals surface area contributed by atoms with Gasteiger partial charge in [-0.15, -0.1) is 0 Å². The smallest absolute Gasteiger partial charge is 0.195 e. The van der Waals surface area contributed by atoms with Gasteiger partial charge in [-0.1, -0.05) is 23.3 Å². The molecule has 0 saturated carbocycles. The zero-order chi connectivity index (χ0) is 17.3. The van der Waals surface area contributed by atoms with Crippen LogP contribution >= 0.6 is 0 Å². The van der Waals surface area contributed by atoms with Crippen molar-refractivity contribution in [2.24, 2.45) is 0 Å². The summed E-state index contributed by atoms with van der Waals surface area (Å²) in [6, 6.07) is 14.0. The molecule has 0 aliphatic rings. The van der Waals surface area contributed by atoms with Crippen LogP contribution in [0.2, 0.25) is 0 Å². The number of rotatable bonds is 4. The molecule has 3 nitrogen and oxygen atoms in total. The average Bonchev–Trinajstić information content (AvgIpc) is 2.83. The Morgan fingerprint density at radius 3 is 2.50 bits per heavy atom. The van der Waals surface area contributed by atoms with E-state index in [0.29, 0.717) is 12.8 Å². The molecule has 0 N–H and O–H groups in total. The lowest BCUT2D eigenvalue weighted by atomic mass is 9.97. The van der Waals surface area contributed by atoms with Gasteiger partial charge >= 0.3 is 0 Å². The highest BCUT2D eigenvalue weighted by molar-refractivity contribution is 6.14. The van der Waals surface area contributed by atoms with Crippen molar-refractivity contribution in [1.29, 1.82) is 5.26 Å². The topological polar surface area (TPSA) is 45.3 Å².